The van der Waals surface area contributed by atoms with Crippen LogP contribution in [0.4, 0.5) is 10.5 Å². The van der Waals surface area contributed by atoms with E-state index in [4.69, 9.17) is 16.0 Å². The second-order valence-electron chi connectivity index (χ2n) is 5.65. The number of amides is 3. The van der Waals surface area contributed by atoms with Crippen molar-refractivity contribution in [2.24, 2.45) is 0 Å². The van der Waals surface area contributed by atoms with Crippen LogP contribution in [0.2, 0.25) is 5.02 Å². The molecule has 24 heavy (non-hydrogen) atoms. The average molecular weight is 348 g/mol. The van der Waals surface area contributed by atoms with Crippen molar-refractivity contribution in [3.8, 4) is 0 Å². The summed E-state index contributed by atoms with van der Waals surface area (Å²) in [4.78, 5) is 25.9. The van der Waals surface area contributed by atoms with E-state index in [1.807, 2.05) is 0 Å². The minimum absolute atomic E-state index is 0.0437. The van der Waals surface area contributed by atoms with E-state index in [-0.39, 0.29) is 18.0 Å². The number of nitrogens with zero attached hydrogens (tertiary/aromatic N) is 1. The summed E-state index contributed by atoms with van der Waals surface area (Å²) in [6.07, 6.45) is 2.89. The number of hydrogen-bond acceptors (Lipinski definition) is 3. The molecule has 1 aromatic carbocycles. The Morgan fingerprint density at radius 3 is 2.46 bits per heavy atom. The van der Waals surface area contributed by atoms with E-state index in [1.54, 1.807) is 41.3 Å². The van der Waals surface area contributed by atoms with Crippen LogP contribution >= 0.6 is 11.6 Å². The summed E-state index contributed by atoms with van der Waals surface area (Å²) >= 11 is 5.83. The predicted molar refractivity (Wildman–Crippen MR) is 91.2 cm³/mol. The fourth-order valence-electron chi connectivity index (χ4n) is 2.63. The van der Waals surface area contributed by atoms with Gasteiger partial charge in [0.2, 0.25) is 0 Å². The molecular formula is C17H18ClN3O3. The van der Waals surface area contributed by atoms with Crippen molar-refractivity contribution in [2.75, 3.05) is 18.4 Å². The van der Waals surface area contributed by atoms with Crippen molar-refractivity contribution < 1.29 is 14.0 Å². The van der Waals surface area contributed by atoms with Gasteiger partial charge in [-0.1, -0.05) is 11.6 Å². The van der Waals surface area contributed by atoms with Gasteiger partial charge < -0.3 is 20.0 Å². The van der Waals surface area contributed by atoms with Gasteiger partial charge in [-0.15, -0.1) is 0 Å². The molecule has 0 bridgehead atoms. The van der Waals surface area contributed by atoms with Crippen LogP contribution in [-0.2, 0) is 0 Å². The minimum atomic E-state index is -0.218. The molecule has 126 valence electrons. The molecular weight excluding hydrogens is 330 g/mol. The van der Waals surface area contributed by atoms with E-state index in [2.05, 4.69) is 10.6 Å². The maximum Gasteiger partial charge on any atom is 0.321 e. The highest BCUT2D eigenvalue weighted by Crippen LogP contribution is 2.16. The number of benzene rings is 1. The van der Waals surface area contributed by atoms with Gasteiger partial charge in [0, 0.05) is 29.8 Å². The number of furan rings is 1. The summed E-state index contributed by atoms with van der Waals surface area (Å²) in [5.74, 6) is 0.0852. The molecule has 0 saturated carbocycles. The Bertz CT molecular complexity index is 692. The smallest absolute Gasteiger partial charge is 0.321 e. The Hall–Kier alpha value is -2.47. The van der Waals surface area contributed by atoms with Gasteiger partial charge in [-0.3, -0.25) is 4.79 Å². The number of urea groups is 1. The zero-order valence-electron chi connectivity index (χ0n) is 13.0. The van der Waals surface area contributed by atoms with Crippen molar-refractivity contribution >= 4 is 29.2 Å². The summed E-state index contributed by atoms with van der Waals surface area (Å²) in [5, 5.41) is 6.40. The van der Waals surface area contributed by atoms with Gasteiger partial charge in [0.1, 0.15) is 0 Å². The van der Waals surface area contributed by atoms with Crippen LogP contribution in [0, 0.1) is 0 Å². The Balaban J connectivity index is 1.47. The van der Waals surface area contributed by atoms with Crippen molar-refractivity contribution in [3.63, 3.8) is 0 Å². The molecule has 2 aromatic rings. The molecule has 3 rings (SSSR count). The molecule has 2 heterocycles. The van der Waals surface area contributed by atoms with E-state index < -0.39 is 0 Å². The maximum atomic E-state index is 12.2. The third kappa shape index (κ3) is 4.08. The topological polar surface area (TPSA) is 74.6 Å². The number of likely N-dealkylation sites (tertiary alicyclic amines) is 1. The minimum Gasteiger partial charge on any atom is -0.459 e. The molecule has 0 unspecified atom stereocenters. The SMILES string of the molecule is O=C(NC1CCN(C(=O)Nc2ccc(Cl)cc2)CC1)c1ccco1. The first-order valence-corrected chi connectivity index (χ1v) is 8.15. The zero-order chi connectivity index (χ0) is 16.9. The molecule has 0 spiro atoms. The third-order valence-electron chi connectivity index (χ3n) is 3.96. The van der Waals surface area contributed by atoms with Crippen LogP contribution < -0.4 is 10.6 Å². The van der Waals surface area contributed by atoms with Crippen LogP contribution in [0.3, 0.4) is 0 Å². The van der Waals surface area contributed by atoms with Crippen molar-refractivity contribution in [2.45, 2.75) is 18.9 Å². The molecule has 6 nitrogen and oxygen atoms in total. The molecule has 1 aliphatic rings. The number of rotatable bonds is 3. The number of halogens is 1. The number of carbonyl (C=O) groups excluding carboxylic acids is 2. The Kier molecular flexibility index (Phi) is 5.05. The lowest BCUT2D eigenvalue weighted by atomic mass is 10.1. The first-order chi connectivity index (χ1) is 11.6. The van der Waals surface area contributed by atoms with Crippen LogP contribution in [0.5, 0.6) is 0 Å². The first kappa shape index (κ1) is 16.4. The Morgan fingerprint density at radius 2 is 1.83 bits per heavy atom. The molecule has 1 aromatic heterocycles. The van der Waals surface area contributed by atoms with E-state index in [0.717, 1.165) is 0 Å². The quantitative estimate of drug-likeness (QED) is 0.894. The molecule has 0 aliphatic carbocycles. The highest BCUT2D eigenvalue weighted by Gasteiger charge is 2.24. The lowest BCUT2D eigenvalue weighted by molar-refractivity contribution is 0.0891. The molecule has 2 N–H and O–H groups in total. The second-order valence-corrected chi connectivity index (χ2v) is 6.09. The number of carbonyl (C=O) groups is 2. The highest BCUT2D eigenvalue weighted by atomic mass is 35.5. The highest BCUT2D eigenvalue weighted by molar-refractivity contribution is 6.30. The second kappa shape index (κ2) is 7.40. The summed E-state index contributed by atoms with van der Waals surface area (Å²) in [6.45, 7) is 1.17. The standard InChI is InChI=1S/C17H18ClN3O3/c18-12-3-5-13(6-4-12)20-17(23)21-9-7-14(8-10-21)19-16(22)15-2-1-11-24-15/h1-6,11,14H,7-10H2,(H,19,22)(H,20,23). The van der Waals surface area contributed by atoms with Crippen molar-refractivity contribution in [1.29, 1.82) is 0 Å². The number of anilines is 1. The van der Waals surface area contributed by atoms with E-state index >= 15 is 0 Å². The normalized spacial score (nSPS) is 15.1. The van der Waals surface area contributed by atoms with E-state index in [0.29, 0.717) is 42.4 Å². The lowest BCUT2D eigenvalue weighted by Crippen LogP contribution is -2.47. The number of hydrogen-bond donors (Lipinski definition) is 2. The fourth-order valence-corrected chi connectivity index (χ4v) is 2.75. The molecule has 1 fully saturated rings. The predicted octanol–water partition coefficient (Wildman–Crippen LogP) is 3.36. The summed E-state index contributed by atoms with van der Waals surface area (Å²) in [5.41, 5.74) is 0.706. The van der Waals surface area contributed by atoms with E-state index in [1.165, 1.54) is 6.26 Å². The van der Waals surface area contributed by atoms with Gasteiger partial charge in [0.05, 0.1) is 6.26 Å². The Labute approximate surface area is 144 Å². The van der Waals surface area contributed by atoms with Crippen LogP contribution in [-0.4, -0.2) is 36.0 Å². The van der Waals surface area contributed by atoms with Gasteiger partial charge >= 0.3 is 6.03 Å². The molecule has 3 amide bonds. The average Bonchev–Trinajstić information content (AvgIpc) is 3.12. The third-order valence-corrected chi connectivity index (χ3v) is 4.21. The molecule has 0 atom stereocenters. The maximum absolute atomic E-state index is 12.2. The van der Waals surface area contributed by atoms with E-state index in [9.17, 15) is 9.59 Å². The van der Waals surface area contributed by atoms with Gasteiger partial charge in [0.25, 0.3) is 5.91 Å². The van der Waals surface area contributed by atoms with Gasteiger partial charge in [0.15, 0.2) is 5.76 Å². The van der Waals surface area contributed by atoms with Crippen molar-refractivity contribution in [1.82, 2.24) is 10.2 Å². The number of nitrogens with one attached hydrogen (secondary N) is 2. The first-order valence-electron chi connectivity index (χ1n) is 7.77. The van der Waals surface area contributed by atoms with Gasteiger partial charge in [-0.25, -0.2) is 4.79 Å². The summed E-state index contributed by atoms with van der Waals surface area (Å²) < 4.78 is 5.07. The zero-order valence-corrected chi connectivity index (χ0v) is 13.8. The molecule has 1 aliphatic heterocycles. The summed E-state index contributed by atoms with van der Waals surface area (Å²) in [7, 11) is 0. The van der Waals surface area contributed by atoms with Crippen LogP contribution in [0.1, 0.15) is 23.4 Å². The van der Waals surface area contributed by atoms with Gasteiger partial charge in [-0.05, 0) is 49.2 Å². The molecule has 1 saturated heterocycles. The lowest BCUT2D eigenvalue weighted by Gasteiger charge is -2.32. The van der Waals surface area contributed by atoms with Gasteiger partial charge in [-0.2, -0.15) is 0 Å². The fraction of sp³-hybridized carbons (Fsp3) is 0.294. The molecule has 0 radical (unpaired) electrons. The molecule has 7 heteroatoms. The number of piperidine rings is 1. The summed E-state index contributed by atoms with van der Waals surface area (Å²) in [6, 6.07) is 10.2. The van der Waals surface area contributed by atoms with Crippen LogP contribution in [0.25, 0.3) is 0 Å². The van der Waals surface area contributed by atoms with Crippen molar-refractivity contribution in [3.05, 3.63) is 53.4 Å². The largest absolute Gasteiger partial charge is 0.459 e. The van der Waals surface area contributed by atoms with Crippen LogP contribution in [0.15, 0.2) is 47.1 Å². The monoisotopic (exact) mass is 347 g/mol. The Morgan fingerprint density at radius 1 is 1.12 bits per heavy atom.